The molecule has 47 heavy (non-hydrogen) atoms. The topological polar surface area (TPSA) is 104 Å². The van der Waals surface area contributed by atoms with Gasteiger partial charge in [0.05, 0.1) is 38.6 Å². The highest BCUT2D eigenvalue weighted by molar-refractivity contribution is 6.36. The fourth-order valence-electron chi connectivity index (χ4n) is 5.91. The van der Waals surface area contributed by atoms with Crippen LogP contribution in [0.1, 0.15) is 50.8 Å². The highest BCUT2D eigenvalue weighted by atomic mass is 35.5. The summed E-state index contributed by atoms with van der Waals surface area (Å²) in [6, 6.07) is 13.3. The summed E-state index contributed by atoms with van der Waals surface area (Å²) < 4.78 is 13.9. The smallest absolute Gasteiger partial charge is 0.141 e. The number of rotatable bonds is 7. The molecule has 0 spiro atoms. The second-order valence-electron chi connectivity index (χ2n) is 12.5. The molecule has 6 rings (SSSR count). The van der Waals surface area contributed by atoms with Crippen molar-refractivity contribution in [2.24, 2.45) is 0 Å². The Kier molecular flexibility index (Phi) is 9.59. The summed E-state index contributed by atoms with van der Waals surface area (Å²) in [4.78, 5) is 11.2. The molecule has 1 fully saturated rings. The van der Waals surface area contributed by atoms with Gasteiger partial charge in [0.15, 0.2) is 0 Å². The summed E-state index contributed by atoms with van der Waals surface area (Å²) in [5.41, 5.74) is 10.6. The zero-order valence-electron chi connectivity index (χ0n) is 25.8. The number of nitrogens with zero attached hydrogens (tertiary/aromatic N) is 5. The Balaban J connectivity index is 1.36. The Morgan fingerprint density at radius 3 is 2.45 bits per heavy atom. The molecule has 0 bridgehead atoms. The van der Waals surface area contributed by atoms with E-state index in [0.29, 0.717) is 38.6 Å². The van der Waals surface area contributed by atoms with E-state index in [1.165, 1.54) is 24.4 Å². The minimum atomic E-state index is -0.550. The van der Waals surface area contributed by atoms with Gasteiger partial charge in [-0.25, -0.2) is 9.37 Å². The molecule has 1 atom stereocenters. The molecule has 2 aromatic carbocycles. The van der Waals surface area contributed by atoms with Crippen LogP contribution in [0.4, 0.5) is 21.5 Å². The van der Waals surface area contributed by atoms with Crippen LogP contribution in [0.3, 0.4) is 0 Å². The molecule has 1 saturated heterocycles. The van der Waals surface area contributed by atoms with Crippen molar-refractivity contribution in [3.8, 4) is 6.07 Å². The van der Waals surface area contributed by atoms with Crippen LogP contribution in [0.15, 0.2) is 60.6 Å². The first-order valence-corrected chi connectivity index (χ1v) is 16.5. The normalized spacial score (nSPS) is 16.5. The number of nitriles is 1. The Labute approximate surface area is 292 Å². The maximum absolute atomic E-state index is 13.9. The molecular formula is C33H32Cl4FN9. The molecule has 2 aromatic heterocycles. The number of likely N-dealkylation sites (tertiary alicyclic amines) is 1. The van der Waals surface area contributed by atoms with Gasteiger partial charge in [0, 0.05) is 59.4 Å². The van der Waals surface area contributed by atoms with Crippen LogP contribution in [-0.4, -0.2) is 44.5 Å². The molecule has 14 heteroatoms. The van der Waals surface area contributed by atoms with Gasteiger partial charge in [0.1, 0.15) is 22.2 Å². The maximum Gasteiger partial charge on any atom is 0.141 e. The van der Waals surface area contributed by atoms with Gasteiger partial charge in [-0.2, -0.15) is 5.26 Å². The van der Waals surface area contributed by atoms with Gasteiger partial charge in [-0.3, -0.25) is 14.9 Å². The van der Waals surface area contributed by atoms with Crippen molar-refractivity contribution in [2.45, 2.75) is 51.2 Å². The number of piperidine rings is 1. The van der Waals surface area contributed by atoms with Crippen LogP contribution in [0.2, 0.25) is 20.4 Å². The third-order valence-electron chi connectivity index (χ3n) is 8.42. The lowest BCUT2D eigenvalue weighted by Crippen LogP contribution is -2.52. The third kappa shape index (κ3) is 7.16. The number of halogens is 5. The average molecular weight is 715 g/mol. The lowest BCUT2D eigenvalue weighted by molar-refractivity contribution is 0.0570. The number of anilines is 3. The monoisotopic (exact) mass is 713 g/mol. The second kappa shape index (κ2) is 13.5. The minimum absolute atomic E-state index is 0.0525. The summed E-state index contributed by atoms with van der Waals surface area (Å²) in [6.45, 7) is 8.73. The SMILES string of the molecule is CC(C)(C)N1CCC(N2C=C([C@@H](Nc3cc(Cl)c4ncc(C#N)c(Nc5ccc(F)c(Cl)c5)c4c3)c3ccc(Cl)nc3Cl)NN2)CC1. The average Bonchev–Trinajstić information content (AvgIpc) is 3.52. The van der Waals surface area contributed by atoms with Gasteiger partial charge in [0.25, 0.3) is 0 Å². The largest absolute Gasteiger partial charge is 0.373 e. The molecule has 0 aliphatic carbocycles. The van der Waals surface area contributed by atoms with Crippen LogP contribution < -0.4 is 21.6 Å². The number of hydrazine groups is 2. The van der Waals surface area contributed by atoms with Crippen molar-refractivity contribution in [1.82, 2.24) is 30.8 Å². The van der Waals surface area contributed by atoms with Crippen molar-refractivity contribution in [3.05, 3.63) is 97.9 Å². The lowest BCUT2D eigenvalue weighted by Gasteiger charge is -2.42. The Hall–Kier alpha value is -3.56. The lowest BCUT2D eigenvalue weighted by atomic mass is 9.98. The Morgan fingerprint density at radius 2 is 1.77 bits per heavy atom. The number of nitrogens with one attached hydrogen (secondary N) is 4. The summed E-state index contributed by atoms with van der Waals surface area (Å²) in [7, 11) is 0. The fourth-order valence-corrected chi connectivity index (χ4v) is 6.81. The van der Waals surface area contributed by atoms with E-state index >= 15 is 0 Å². The minimum Gasteiger partial charge on any atom is -0.373 e. The Bertz CT molecular complexity index is 1900. The molecule has 4 N–H and O–H groups in total. The van der Waals surface area contributed by atoms with Crippen LogP contribution in [0.25, 0.3) is 10.9 Å². The Morgan fingerprint density at radius 1 is 1.02 bits per heavy atom. The summed E-state index contributed by atoms with van der Waals surface area (Å²) in [5, 5.41) is 20.2. The first kappa shape index (κ1) is 33.3. The first-order valence-electron chi connectivity index (χ1n) is 15.0. The molecule has 9 nitrogen and oxygen atoms in total. The molecule has 244 valence electrons. The van der Waals surface area contributed by atoms with Crippen LogP contribution in [0.5, 0.6) is 0 Å². The van der Waals surface area contributed by atoms with Gasteiger partial charge in [0.2, 0.25) is 0 Å². The molecular weight excluding hydrogens is 683 g/mol. The van der Waals surface area contributed by atoms with E-state index in [1.807, 2.05) is 18.3 Å². The van der Waals surface area contributed by atoms with Crippen molar-refractivity contribution >= 4 is 74.4 Å². The van der Waals surface area contributed by atoms with E-state index in [2.05, 4.69) is 68.3 Å². The molecule has 0 unspecified atom stereocenters. The predicted molar refractivity (Wildman–Crippen MR) is 187 cm³/mol. The molecule has 0 amide bonds. The highest BCUT2D eigenvalue weighted by Gasteiger charge is 2.32. The van der Waals surface area contributed by atoms with Crippen molar-refractivity contribution in [3.63, 3.8) is 0 Å². The number of hydrogen-bond donors (Lipinski definition) is 4. The van der Waals surface area contributed by atoms with E-state index in [0.717, 1.165) is 31.6 Å². The zero-order valence-corrected chi connectivity index (χ0v) is 28.8. The second-order valence-corrected chi connectivity index (χ2v) is 14.0. The van der Waals surface area contributed by atoms with Gasteiger partial charge < -0.3 is 16.1 Å². The van der Waals surface area contributed by atoms with E-state index in [4.69, 9.17) is 46.4 Å². The molecule has 2 aliphatic rings. The van der Waals surface area contributed by atoms with E-state index < -0.39 is 11.9 Å². The van der Waals surface area contributed by atoms with Gasteiger partial charge >= 0.3 is 0 Å². The van der Waals surface area contributed by atoms with Crippen LogP contribution in [0, 0.1) is 17.1 Å². The number of fused-ring (bicyclic) bond motifs is 1. The van der Waals surface area contributed by atoms with Crippen molar-refractivity contribution in [1.29, 1.82) is 5.26 Å². The zero-order chi connectivity index (χ0) is 33.5. The molecule has 0 radical (unpaired) electrons. The van der Waals surface area contributed by atoms with Crippen molar-refractivity contribution in [2.75, 3.05) is 23.7 Å². The number of hydrogen-bond acceptors (Lipinski definition) is 9. The summed E-state index contributed by atoms with van der Waals surface area (Å²) >= 11 is 25.7. The van der Waals surface area contributed by atoms with Crippen LogP contribution >= 0.6 is 46.4 Å². The molecule has 2 aliphatic heterocycles. The number of benzene rings is 2. The van der Waals surface area contributed by atoms with E-state index in [-0.39, 0.29) is 32.5 Å². The highest BCUT2D eigenvalue weighted by Crippen LogP contribution is 2.38. The van der Waals surface area contributed by atoms with E-state index in [1.54, 1.807) is 12.1 Å². The van der Waals surface area contributed by atoms with Gasteiger partial charge in [-0.05, 0) is 70.0 Å². The third-order valence-corrected chi connectivity index (χ3v) is 9.52. The standard InChI is InChI=1S/C33H32Cl4FN9/c1-33(2,3)46-10-8-21(9-11-46)47-17-27(44-45-47)31(22-5-7-28(36)43-32(22)37)42-20-12-23-29(41-19-4-6-26(38)24(34)13-19)18(15-39)16-40-30(23)25(35)14-20/h4-7,12-14,16-17,21,31,42,44-45H,8-11H2,1-3H3,(H,40,41)/t31-/m0/s1. The summed E-state index contributed by atoms with van der Waals surface area (Å²) in [5.74, 6) is -0.550. The van der Waals surface area contributed by atoms with Crippen LogP contribution in [-0.2, 0) is 0 Å². The summed E-state index contributed by atoms with van der Waals surface area (Å²) in [6.07, 6.45) is 5.49. The molecule has 0 saturated carbocycles. The van der Waals surface area contributed by atoms with E-state index in [9.17, 15) is 9.65 Å². The quantitative estimate of drug-likeness (QED) is 0.140. The first-order chi connectivity index (χ1) is 22.4. The molecule has 4 heterocycles. The number of aromatic nitrogens is 2. The van der Waals surface area contributed by atoms with Crippen molar-refractivity contribution < 1.29 is 4.39 Å². The molecule has 4 aromatic rings. The van der Waals surface area contributed by atoms with Gasteiger partial charge in [-0.1, -0.05) is 52.5 Å². The maximum atomic E-state index is 13.9. The predicted octanol–water partition coefficient (Wildman–Crippen LogP) is 8.58. The van der Waals surface area contributed by atoms with Gasteiger partial charge in [-0.15, -0.1) is 5.53 Å². The number of pyridine rings is 2. The fraction of sp³-hybridized carbons (Fsp3) is 0.303.